The summed E-state index contributed by atoms with van der Waals surface area (Å²) in [5.41, 5.74) is 2.83. The second-order valence-electron chi connectivity index (χ2n) is 8.79. The molecule has 0 spiro atoms. The first-order valence-corrected chi connectivity index (χ1v) is 11.1. The minimum absolute atomic E-state index is 0.0117. The molecule has 6 nitrogen and oxygen atoms in total. The van der Waals surface area contributed by atoms with Gasteiger partial charge in [0.05, 0.1) is 24.8 Å². The molecular formula is C24H31N3O3S. The SMILES string of the molecule is COc1ccc(CCN(C)C(=O)c2sc3nc(C(C)(C)C)nc(C)c3c2C)cc1OC. The third kappa shape index (κ3) is 4.66. The van der Waals surface area contributed by atoms with Gasteiger partial charge in [-0.05, 0) is 43.5 Å². The summed E-state index contributed by atoms with van der Waals surface area (Å²) in [5, 5.41) is 0.995. The van der Waals surface area contributed by atoms with Gasteiger partial charge in [0, 0.05) is 24.4 Å². The lowest BCUT2D eigenvalue weighted by atomic mass is 9.95. The van der Waals surface area contributed by atoms with Crippen molar-refractivity contribution in [2.75, 3.05) is 27.8 Å². The molecule has 1 amide bonds. The highest BCUT2D eigenvalue weighted by Crippen LogP contribution is 2.34. The van der Waals surface area contributed by atoms with Crippen LogP contribution < -0.4 is 9.47 Å². The van der Waals surface area contributed by atoms with E-state index in [1.807, 2.05) is 39.1 Å². The number of hydrogen-bond acceptors (Lipinski definition) is 6. The molecule has 2 aromatic heterocycles. The van der Waals surface area contributed by atoms with Crippen molar-refractivity contribution in [2.45, 2.75) is 46.5 Å². The molecule has 0 unspecified atom stereocenters. The summed E-state index contributed by atoms with van der Waals surface area (Å²) in [6, 6.07) is 5.84. The zero-order valence-corrected chi connectivity index (χ0v) is 20.4. The van der Waals surface area contributed by atoms with Crippen molar-refractivity contribution in [1.82, 2.24) is 14.9 Å². The third-order valence-corrected chi connectivity index (χ3v) is 6.54. The average Bonchev–Trinajstić information content (AvgIpc) is 3.07. The molecule has 1 aromatic carbocycles. The largest absolute Gasteiger partial charge is 0.493 e. The molecule has 3 aromatic rings. The van der Waals surface area contributed by atoms with Crippen molar-refractivity contribution < 1.29 is 14.3 Å². The van der Waals surface area contributed by atoms with Crippen LogP contribution in [0.15, 0.2) is 18.2 Å². The Bertz CT molecular complexity index is 1120. The number of carbonyl (C=O) groups is 1. The van der Waals surface area contributed by atoms with Crippen molar-refractivity contribution in [3.05, 3.63) is 45.7 Å². The number of hydrogen-bond donors (Lipinski definition) is 0. The summed E-state index contributed by atoms with van der Waals surface area (Å²) < 4.78 is 10.7. The number of likely N-dealkylation sites (N-methyl/N-ethyl adjacent to an activating group) is 1. The van der Waals surface area contributed by atoms with Crippen LogP contribution in [0.3, 0.4) is 0 Å². The summed E-state index contributed by atoms with van der Waals surface area (Å²) in [5.74, 6) is 2.21. The number of benzene rings is 1. The molecule has 166 valence electrons. The van der Waals surface area contributed by atoms with Crippen molar-refractivity contribution in [1.29, 1.82) is 0 Å². The van der Waals surface area contributed by atoms with E-state index in [9.17, 15) is 4.79 Å². The van der Waals surface area contributed by atoms with E-state index >= 15 is 0 Å². The van der Waals surface area contributed by atoms with Gasteiger partial charge in [0.15, 0.2) is 11.5 Å². The molecule has 0 aliphatic heterocycles. The second kappa shape index (κ2) is 8.83. The van der Waals surface area contributed by atoms with Crippen LogP contribution in [0.2, 0.25) is 0 Å². The normalized spacial score (nSPS) is 11.6. The molecule has 0 aliphatic rings. The smallest absolute Gasteiger partial charge is 0.264 e. The first kappa shape index (κ1) is 23.0. The lowest BCUT2D eigenvalue weighted by Crippen LogP contribution is -2.28. The first-order valence-electron chi connectivity index (χ1n) is 10.3. The summed E-state index contributed by atoms with van der Waals surface area (Å²) >= 11 is 1.46. The molecule has 0 fully saturated rings. The van der Waals surface area contributed by atoms with E-state index in [-0.39, 0.29) is 11.3 Å². The fourth-order valence-corrected chi connectivity index (χ4v) is 4.71. The highest BCUT2D eigenvalue weighted by molar-refractivity contribution is 7.20. The highest BCUT2D eigenvalue weighted by Gasteiger charge is 2.24. The second-order valence-corrected chi connectivity index (χ2v) is 9.78. The van der Waals surface area contributed by atoms with Gasteiger partial charge in [0.25, 0.3) is 5.91 Å². The number of nitrogens with zero attached hydrogens (tertiary/aromatic N) is 3. The van der Waals surface area contributed by atoms with Crippen molar-refractivity contribution in [2.24, 2.45) is 0 Å². The Morgan fingerprint density at radius 3 is 2.39 bits per heavy atom. The number of ether oxygens (including phenoxy) is 2. The van der Waals surface area contributed by atoms with Crippen LogP contribution in [0.4, 0.5) is 0 Å². The van der Waals surface area contributed by atoms with E-state index in [1.54, 1.807) is 19.1 Å². The van der Waals surface area contributed by atoms with E-state index in [2.05, 4.69) is 20.8 Å². The fourth-order valence-electron chi connectivity index (χ4n) is 3.49. The van der Waals surface area contributed by atoms with Crippen LogP contribution in [0.1, 0.15) is 53.1 Å². The predicted molar refractivity (Wildman–Crippen MR) is 126 cm³/mol. The Kier molecular flexibility index (Phi) is 6.55. The van der Waals surface area contributed by atoms with Crippen LogP contribution in [-0.4, -0.2) is 48.6 Å². The maximum atomic E-state index is 13.2. The maximum absolute atomic E-state index is 13.2. The lowest BCUT2D eigenvalue weighted by molar-refractivity contribution is 0.0801. The van der Waals surface area contributed by atoms with Gasteiger partial charge in [-0.3, -0.25) is 4.79 Å². The molecule has 0 aliphatic carbocycles. The quantitative estimate of drug-likeness (QED) is 0.542. The van der Waals surface area contributed by atoms with Gasteiger partial charge in [0.1, 0.15) is 10.7 Å². The Morgan fingerprint density at radius 1 is 1.10 bits per heavy atom. The molecule has 2 heterocycles. The van der Waals surface area contributed by atoms with E-state index in [0.29, 0.717) is 18.0 Å². The summed E-state index contributed by atoms with van der Waals surface area (Å²) in [7, 11) is 5.08. The van der Waals surface area contributed by atoms with E-state index in [0.717, 1.165) is 44.2 Å². The number of aromatic nitrogens is 2. The summed E-state index contributed by atoms with van der Waals surface area (Å²) in [6.07, 6.45) is 0.722. The van der Waals surface area contributed by atoms with Crippen molar-refractivity contribution in [3.8, 4) is 11.5 Å². The molecule has 3 rings (SSSR count). The van der Waals surface area contributed by atoms with Gasteiger partial charge < -0.3 is 14.4 Å². The van der Waals surface area contributed by atoms with Gasteiger partial charge in [-0.15, -0.1) is 11.3 Å². The molecular weight excluding hydrogens is 410 g/mol. The van der Waals surface area contributed by atoms with Crippen LogP contribution in [0, 0.1) is 13.8 Å². The van der Waals surface area contributed by atoms with Crippen LogP contribution >= 0.6 is 11.3 Å². The van der Waals surface area contributed by atoms with E-state index in [4.69, 9.17) is 19.4 Å². The van der Waals surface area contributed by atoms with Crippen LogP contribution in [-0.2, 0) is 11.8 Å². The minimum Gasteiger partial charge on any atom is -0.493 e. The highest BCUT2D eigenvalue weighted by atomic mass is 32.1. The van der Waals surface area contributed by atoms with Gasteiger partial charge in [-0.1, -0.05) is 26.8 Å². The zero-order valence-electron chi connectivity index (χ0n) is 19.6. The monoisotopic (exact) mass is 441 g/mol. The standard InChI is InChI=1S/C24H31N3O3S/c1-14-19-15(2)25-23(24(3,4)5)26-21(19)31-20(14)22(28)27(6)12-11-16-9-10-17(29-7)18(13-16)30-8/h9-10,13H,11-12H2,1-8H3. The Hall–Kier alpha value is -2.67. The van der Waals surface area contributed by atoms with Gasteiger partial charge in [-0.2, -0.15) is 0 Å². The number of aryl methyl sites for hydroxylation is 2. The summed E-state index contributed by atoms with van der Waals surface area (Å²) in [4.78, 5) is 26.1. The topological polar surface area (TPSA) is 64.5 Å². The van der Waals surface area contributed by atoms with Crippen molar-refractivity contribution in [3.63, 3.8) is 0 Å². The molecule has 0 radical (unpaired) electrons. The molecule has 0 atom stereocenters. The number of fused-ring (bicyclic) bond motifs is 1. The zero-order chi connectivity index (χ0) is 22.9. The molecule has 0 N–H and O–H groups in total. The summed E-state index contributed by atoms with van der Waals surface area (Å²) in [6.45, 7) is 10.9. The van der Waals surface area contributed by atoms with E-state index in [1.165, 1.54) is 11.3 Å². The lowest BCUT2D eigenvalue weighted by Gasteiger charge is -2.17. The van der Waals surface area contributed by atoms with Gasteiger partial charge in [0.2, 0.25) is 0 Å². The molecule has 0 bridgehead atoms. The van der Waals surface area contributed by atoms with Crippen molar-refractivity contribution >= 4 is 27.5 Å². The van der Waals surface area contributed by atoms with Gasteiger partial charge in [-0.25, -0.2) is 9.97 Å². The number of methoxy groups -OCH3 is 2. The Labute approximate surface area is 188 Å². The first-order chi connectivity index (χ1) is 14.6. The average molecular weight is 442 g/mol. The molecule has 0 saturated carbocycles. The van der Waals surface area contributed by atoms with Crippen LogP contribution in [0.25, 0.3) is 10.2 Å². The third-order valence-electron chi connectivity index (χ3n) is 5.37. The number of thiophene rings is 1. The van der Waals surface area contributed by atoms with Crippen LogP contribution in [0.5, 0.6) is 11.5 Å². The predicted octanol–water partition coefficient (Wildman–Crippen LogP) is 4.94. The maximum Gasteiger partial charge on any atom is 0.264 e. The van der Waals surface area contributed by atoms with E-state index < -0.39 is 0 Å². The molecule has 31 heavy (non-hydrogen) atoms. The number of rotatable bonds is 6. The van der Waals surface area contributed by atoms with Gasteiger partial charge >= 0.3 is 0 Å². The molecule has 7 heteroatoms. The minimum atomic E-state index is -0.142. The number of amides is 1. The Balaban J connectivity index is 1.82. The molecule has 0 saturated heterocycles. The number of carbonyl (C=O) groups excluding carboxylic acids is 1. The fraction of sp³-hybridized carbons (Fsp3) is 0.458. The Morgan fingerprint density at radius 2 is 1.77 bits per heavy atom.